The lowest BCUT2D eigenvalue weighted by atomic mass is 9.94. The molecule has 3 atom stereocenters. The molecule has 2 aliphatic heterocycles. The molecule has 26 heavy (non-hydrogen) atoms. The third-order valence-corrected chi connectivity index (χ3v) is 6.34. The summed E-state index contributed by atoms with van der Waals surface area (Å²) >= 11 is 0. The molecule has 7 nitrogen and oxygen atoms in total. The van der Waals surface area contributed by atoms with Crippen molar-refractivity contribution in [1.29, 1.82) is 0 Å². The van der Waals surface area contributed by atoms with Crippen molar-refractivity contribution in [3.63, 3.8) is 0 Å². The van der Waals surface area contributed by atoms with Crippen LogP contribution < -0.4 is 0 Å². The van der Waals surface area contributed by atoms with Crippen LogP contribution in [0.3, 0.4) is 0 Å². The monoisotopic (exact) mass is 378 g/mol. The van der Waals surface area contributed by atoms with Crippen molar-refractivity contribution >= 4 is 28.1 Å². The molecular weight excluding hydrogens is 356 g/mol. The van der Waals surface area contributed by atoms with Crippen LogP contribution in [0, 0.1) is 5.92 Å². The number of sulfonamides is 1. The average Bonchev–Trinajstić information content (AvgIpc) is 3.12. The summed E-state index contributed by atoms with van der Waals surface area (Å²) in [6.45, 7) is 2.34. The van der Waals surface area contributed by atoms with Crippen LogP contribution in [-0.2, 0) is 14.8 Å². The number of likely N-dealkylation sites (tertiary alicyclic amines) is 1. The van der Waals surface area contributed by atoms with Crippen molar-refractivity contribution in [2.45, 2.75) is 38.3 Å². The van der Waals surface area contributed by atoms with Gasteiger partial charge in [-0.2, -0.15) is 0 Å². The molecule has 140 valence electrons. The van der Waals surface area contributed by atoms with E-state index in [0.29, 0.717) is 36.8 Å². The van der Waals surface area contributed by atoms with Gasteiger partial charge in [0.05, 0.1) is 24.3 Å². The van der Waals surface area contributed by atoms with E-state index in [9.17, 15) is 22.8 Å². The van der Waals surface area contributed by atoms with Crippen molar-refractivity contribution in [2.24, 2.45) is 5.92 Å². The SMILES string of the molecule is CCC[C@H]1C(=O)N(S(C)(=O)=O)[C@H]2CCN(C(=O)c3ccc(C=O)cc3)[C@H]12. The largest absolute Gasteiger partial charge is 0.333 e. The average molecular weight is 378 g/mol. The zero-order valence-corrected chi connectivity index (χ0v) is 15.6. The van der Waals surface area contributed by atoms with Crippen LogP contribution in [0.2, 0.25) is 0 Å². The number of carbonyl (C=O) groups excluding carboxylic acids is 3. The number of amides is 2. The molecule has 1 aromatic rings. The van der Waals surface area contributed by atoms with E-state index in [1.54, 1.807) is 29.2 Å². The van der Waals surface area contributed by atoms with Crippen LogP contribution in [0.4, 0.5) is 0 Å². The molecule has 0 radical (unpaired) electrons. The molecule has 0 bridgehead atoms. The highest BCUT2D eigenvalue weighted by Crippen LogP contribution is 2.40. The summed E-state index contributed by atoms with van der Waals surface area (Å²) in [6.07, 6.45) is 3.46. The molecule has 2 aliphatic rings. The van der Waals surface area contributed by atoms with Gasteiger partial charge in [-0.15, -0.1) is 0 Å². The predicted octanol–water partition coefficient (Wildman–Crippen LogP) is 1.30. The summed E-state index contributed by atoms with van der Waals surface area (Å²) in [5.41, 5.74) is 0.903. The molecule has 0 saturated carbocycles. The second kappa shape index (κ2) is 6.83. The highest BCUT2D eigenvalue weighted by atomic mass is 32.2. The van der Waals surface area contributed by atoms with Gasteiger partial charge in [0.1, 0.15) is 6.29 Å². The van der Waals surface area contributed by atoms with Gasteiger partial charge in [0, 0.05) is 17.7 Å². The summed E-state index contributed by atoms with van der Waals surface area (Å²) in [5, 5.41) is 0. The van der Waals surface area contributed by atoms with Crippen LogP contribution in [0.5, 0.6) is 0 Å². The highest BCUT2D eigenvalue weighted by Gasteiger charge is 2.57. The third-order valence-electron chi connectivity index (χ3n) is 5.18. The Bertz CT molecular complexity index is 834. The molecule has 0 unspecified atom stereocenters. The molecule has 0 aromatic heterocycles. The Kier molecular flexibility index (Phi) is 4.88. The number of fused-ring (bicyclic) bond motifs is 1. The van der Waals surface area contributed by atoms with Crippen LogP contribution >= 0.6 is 0 Å². The molecule has 2 saturated heterocycles. The maximum atomic E-state index is 13.0. The van der Waals surface area contributed by atoms with E-state index in [4.69, 9.17) is 0 Å². The minimum atomic E-state index is -3.67. The fourth-order valence-corrected chi connectivity index (χ4v) is 5.32. The second-order valence-corrected chi connectivity index (χ2v) is 8.74. The Morgan fingerprint density at radius 3 is 2.46 bits per heavy atom. The number of carbonyl (C=O) groups is 3. The Labute approximate surface area is 153 Å². The first-order valence-corrected chi connectivity index (χ1v) is 10.5. The Morgan fingerprint density at radius 1 is 1.27 bits per heavy atom. The maximum Gasteiger partial charge on any atom is 0.254 e. The van der Waals surface area contributed by atoms with Gasteiger partial charge in [-0.3, -0.25) is 14.4 Å². The van der Waals surface area contributed by atoms with Gasteiger partial charge in [-0.25, -0.2) is 12.7 Å². The standard InChI is InChI=1S/C18H22N2O5S/c1-3-4-14-16-15(20(18(14)23)26(2,24)25)9-10-19(16)17(22)13-7-5-12(11-21)6-8-13/h5-8,11,14-16H,3-4,9-10H2,1-2H3/t14-,15+,16-/m1/s1. The molecule has 2 heterocycles. The van der Waals surface area contributed by atoms with Crippen molar-refractivity contribution in [3.05, 3.63) is 35.4 Å². The number of rotatable bonds is 5. The van der Waals surface area contributed by atoms with E-state index in [-0.39, 0.29) is 5.91 Å². The summed E-state index contributed by atoms with van der Waals surface area (Å²) < 4.78 is 25.2. The Balaban J connectivity index is 1.93. The molecule has 0 aliphatic carbocycles. The quantitative estimate of drug-likeness (QED) is 0.720. The fourth-order valence-electron chi connectivity index (χ4n) is 4.13. The van der Waals surface area contributed by atoms with E-state index >= 15 is 0 Å². The lowest BCUT2D eigenvalue weighted by Gasteiger charge is -2.27. The zero-order valence-electron chi connectivity index (χ0n) is 14.8. The Morgan fingerprint density at radius 2 is 1.92 bits per heavy atom. The molecule has 8 heteroatoms. The van der Waals surface area contributed by atoms with Gasteiger partial charge < -0.3 is 4.90 Å². The first-order valence-electron chi connectivity index (χ1n) is 8.69. The predicted molar refractivity (Wildman–Crippen MR) is 95.1 cm³/mol. The van der Waals surface area contributed by atoms with Gasteiger partial charge in [-0.05, 0) is 25.0 Å². The lowest BCUT2D eigenvalue weighted by Crippen LogP contribution is -2.43. The van der Waals surface area contributed by atoms with Crippen molar-refractivity contribution in [2.75, 3.05) is 12.8 Å². The van der Waals surface area contributed by atoms with E-state index in [1.165, 1.54) is 0 Å². The topological polar surface area (TPSA) is 91.8 Å². The van der Waals surface area contributed by atoms with E-state index in [2.05, 4.69) is 0 Å². The second-order valence-electron chi connectivity index (χ2n) is 6.88. The minimum absolute atomic E-state index is 0.237. The minimum Gasteiger partial charge on any atom is -0.333 e. The van der Waals surface area contributed by atoms with Gasteiger partial charge in [0.15, 0.2) is 0 Å². The molecule has 0 N–H and O–H groups in total. The molecular formula is C18H22N2O5S. The molecule has 3 rings (SSSR count). The lowest BCUT2D eigenvalue weighted by molar-refractivity contribution is -0.128. The first kappa shape index (κ1) is 18.6. The zero-order chi connectivity index (χ0) is 19.1. The highest BCUT2D eigenvalue weighted by molar-refractivity contribution is 7.88. The Hall–Kier alpha value is -2.22. The van der Waals surface area contributed by atoms with Gasteiger partial charge in [0.25, 0.3) is 5.91 Å². The van der Waals surface area contributed by atoms with Crippen LogP contribution in [-0.4, -0.2) is 60.6 Å². The molecule has 2 amide bonds. The van der Waals surface area contributed by atoms with E-state index in [0.717, 1.165) is 17.0 Å². The number of benzene rings is 1. The third kappa shape index (κ3) is 3.02. The van der Waals surface area contributed by atoms with E-state index in [1.807, 2.05) is 6.92 Å². The van der Waals surface area contributed by atoms with Crippen LogP contribution in [0.1, 0.15) is 46.9 Å². The summed E-state index contributed by atoms with van der Waals surface area (Å²) in [4.78, 5) is 38.1. The maximum absolute atomic E-state index is 13.0. The number of hydrogen-bond donors (Lipinski definition) is 0. The van der Waals surface area contributed by atoms with Crippen LogP contribution in [0.25, 0.3) is 0 Å². The van der Waals surface area contributed by atoms with Crippen molar-refractivity contribution in [3.8, 4) is 0 Å². The van der Waals surface area contributed by atoms with Crippen molar-refractivity contribution in [1.82, 2.24) is 9.21 Å². The number of nitrogens with zero attached hydrogens (tertiary/aromatic N) is 2. The number of aldehydes is 1. The summed E-state index contributed by atoms with van der Waals surface area (Å²) in [7, 11) is -3.67. The number of hydrogen-bond acceptors (Lipinski definition) is 5. The van der Waals surface area contributed by atoms with Gasteiger partial charge in [-0.1, -0.05) is 25.5 Å². The van der Waals surface area contributed by atoms with Gasteiger partial charge >= 0.3 is 0 Å². The van der Waals surface area contributed by atoms with Crippen molar-refractivity contribution < 1.29 is 22.8 Å². The smallest absolute Gasteiger partial charge is 0.254 e. The summed E-state index contributed by atoms with van der Waals surface area (Å²) in [6, 6.07) is 5.38. The van der Waals surface area contributed by atoms with Gasteiger partial charge in [0.2, 0.25) is 15.9 Å². The van der Waals surface area contributed by atoms with Crippen LogP contribution in [0.15, 0.2) is 24.3 Å². The fraction of sp³-hybridized carbons (Fsp3) is 0.500. The molecule has 0 spiro atoms. The normalized spacial score (nSPS) is 25.5. The first-order chi connectivity index (χ1) is 12.3. The summed E-state index contributed by atoms with van der Waals surface area (Å²) in [5.74, 6) is -1.14. The molecule has 2 fully saturated rings. The van der Waals surface area contributed by atoms with E-state index < -0.39 is 33.9 Å². The molecule has 1 aromatic carbocycles.